The zero-order valence-corrected chi connectivity index (χ0v) is 10.4. The van der Waals surface area contributed by atoms with Gasteiger partial charge in [-0.25, -0.2) is 9.97 Å². The number of hydrogen-bond donors (Lipinski definition) is 0. The maximum Gasteiger partial charge on any atom is 0.251 e. The zero-order valence-electron chi connectivity index (χ0n) is 10.4. The van der Waals surface area contributed by atoms with E-state index in [0.29, 0.717) is 5.88 Å². The van der Waals surface area contributed by atoms with Gasteiger partial charge in [0, 0.05) is 12.4 Å². The lowest BCUT2D eigenvalue weighted by molar-refractivity contribution is 0.174. The second kappa shape index (κ2) is 5.07. The first-order chi connectivity index (χ1) is 9.38. The number of hydrogen-bond acceptors (Lipinski definition) is 4. The number of nitriles is 1. The Morgan fingerprint density at radius 3 is 2.95 bits per heavy atom. The summed E-state index contributed by atoms with van der Waals surface area (Å²) in [5.41, 5.74) is 2.76. The fraction of sp³-hybridized carbons (Fsp3) is 0.267. The van der Waals surface area contributed by atoms with Crippen LogP contribution in [0.15, 0.2) is 36.7 Å². The highest BCUT2D eigenvalue weighted by Gasteiger charge is 2.22. The van der Waals surface area contributed by atoms with Gasteiger partial charge in [-0.3, -0.25) is 0 Å². The lowest BCUT2D eigenvalue weighted by Gasteiger charge is -2.25. The molecular weight excluding hydrogens is 238 g/mol. The van der Waals surface area contributed by atoms with Crippen molar-refractivity contribution >= 4 is 0 Å². The van der Waals surface area contributed by atoms with Crippen molar-refractivity contribution < 1.29 is 4.74 Å². The molecule has 0 saturated carbocycles. The first kappa shape index (κ1) is 11.7. The highest BCUT2D eigenvalue weighted by atomic mass is 16.5. The van der Waals surface area contributed by atoms with Gasteiger partial charge >= 0.3 is 0 Å². The molecule has 0 bridgehead atoms. The first-order valence-electron chi connectivity index (χ1n) is 6.34. The maximum absolute atomic E-state index is 9.01. The van der Waals surface area contributed by atoms with E-state index in [1.165, 1.54) is 17.3 Å². The molecule has 0 aliphatic heterocycles. The van der Waals surface area contributed by atoms with Crippen LogP contribution < -0.4 is 4.74 Å². The molecule has 0 amide bonds. The van der Waals surface area contributed by atoms with Crippen LogP contribution >= 0.6 is 0 Å². The summed E-state index contributed by atoms with van der Waals surface area (Å²) in [5, 5.41) is 9.01. The van der Waals surface area contributed by atoms with Crippen LogP contribution in [0.3, 0.4) is 0 Å². The number of ether oxygens (including phenoxy) is 1. The van der Waals surface area contributed by atoms with Gasteiger partial charge in [0.2, 0.25) is 5.69 Å². The van der Waals surface area contributed by atoms with Gasteiger partial charge in [0.25, 0.3) is 5.88 Å². The Morgan fingerprint density at radius 1 is 1.21 bits per heavy atom. The molecule has 1 aliphatic rings. The van der Waals surface area contributed by atoms with Crippen molar-refractivity contribution in [3.05, 3.63) is 53.5 Å². The fourth-order valence-corrected chi connectivity index (χ4v) is 2.45. The summed E-state index contributed by atoms with van der Waals surface area (Å²) in [6, 6.07) is 10.3. The van der Waals surface area contributed by atoms with Gasteiger partial charge in [0.15, 0.2) is 0 Å². The van der Waals surface area contributed by atoms with Crippen LogP contribution in [0, 0.1) is 11.3 Å². The Hall–Kier alpha value is -2.41. The standard InChI is InChI=1S/C15H13N3O/c16-10-13-15(18-9-8-17-13)19-14-7-3-5-11-4-1-2-6-12(11)14/h1-2,4,6,8-9,14H,3,5,7H2. The third kappa shape index (κ3) is 2.27. The molecule has 1 aromatic heterocycles. The molecule has 4 nitrogen and oxygen atoms in total. The SMILES string of the molecule is N#Cc1nccnc1OC1CCCc2ccccc21. The Labute approximate surface area is 111 Å². The van der Waals surface area contributed by atoms with Crippen molar-refractivity contribution in [3.63, 3.8) is 0 Å². The van der Waals surface area contributed by atoms with Gasteiger partial charge < -0.3 is 4.74 Å². The second-order valence-electron chi connectivity index (χ2n) is 4.52. The topological polar surface area (TPSA) is 58.8 Å². The molecule has 2 aromatic rings. The van der Waals surface area contributed by atoms with Crippen molar-refractivity contribution in [3.8, 4) is 11.9 Å². The lowest BCUT2D eigenvalue weighted by Crippen LogP contribution is -2.16. The Bertz CT molecular complexity index is 633. The van der Waals surface area contributed by atoms with E-state index in [1.807, 2.05) is 18.2 Å². The Morgan fingerprint density at radius 2 is 2.05 bits per heavy atom. The van der Waals surface area contributed by atoms with Crippen LogP contribution in [0.5, 0.6) is 5.88 Å². The predicted molar refractivity (Wildman–Crippen MR) is 69.5 cm³/mol. The van der Waals surface area contributed by atoms with E-state index in [0.717, 1.165) is 19.3 Å². The van der Waals surface area contributed by atoms with E-state index in [1.54, 1.807) is 6.20 Å². The van der Waals surface area contributed by atoms with Crippen LogP contribution in [-0.4, -0.2) is 9.97 Å². The third-order valence-electron chi connectivity index (χ3n) is 3.34. The molecule has 1 aromatic carbocycles. The largest absolute Gasteiger partial charge is 0.467 e. The van der Waals surface area contributed by atoms with Crippen molar-refractivity contribution in [1.29, 1.82) is 5.26 Å². The average Bonchev–Trinajstić information content (AvgIpc) is 2.48. The molecule has 1 unspecified atom stereocenters. The number of aromatic nitrogens is 2. The Kier molecular flexibility index (Phi) is 3.11. The van der Waals surface area contributed by atoms with E-state index in [2.05, 4.69) is 22.1 Å². The molecule has 0 radical (unpaired) electrons. The summed E-state index contributed by atoms with van der Waals surface area (Å²) in [7, 11) is 0. The number of rotatable bonds is 2. The molecule has 0 fully saturated rings. The van der Waals surface area contributed by atoms with Gasteiger partial charge in [-0.1, -0.05) is 24.3 Å². The molecule has 3 rings (SSSR count). The number of aryl methyl sites for hydroxylation is 1. The smallest absolute Gasteiger partial charge is 0.251 e. The summed E-state index contributed by atoms with van der Waals surface area (Å²) in [4.78, 5) is 8.08. The van der Waals surface area contributed by atoms with Gasteiger partial charge in [-0.15, -0.1) is 0 Å². The average molecular weight is 251 g/mol. The van der Waals surface area contributed by atoms with Gasteiger partial charge in [-0.05, 0) is 30.4 Å². The minimum Gasteiger partial charge on any atom is -0.467 e. The minimum atomic E-state index is -0.0336. The number of benzene rings is 1. The highest BCUT2D eigenvalue weighted by molar-refractivity contribution is 5.34. The van der Waals surface area contributed by atoms with E-state index in [-0.39, 0.29) is 11.8 Å². The molecule has 0 N–H and O–H groups in total. The summed E-state index contributed by atoms with van der Waals surface area (Å²) in [6.45, 7) is 0. The molecule has 1 heterocycles. The summed E-state index contributed by atoms with van der Waals surface area (Å²) < 4.78 is 5.91. The summed E-state index contributed by atoms with van der Waals surface area (Å²) in [6.07, 6.45) is 6.13. The molecule has 0 saturated heterocycles. The third-order valence-corrected chi connectivity index (χ3v) is 3.34. The van der Waals surface area contributed by atoms with Crippen LogP contribution in [-0.2, 0) is 6.42 Å². The lowest BCUT2D eigenvalue weighted by atomic mass is 9.89. The molecular formula is C15H13N3O. The van der Waals surface area contributed by atoms with Gasteiger partial charge in [0.05, 0.1) is 0 Å². The van der Waals surface area contributed by atoms with Crippen molar-refractivity contribution in [1.82, 2.24) is 9.97 Å². The first-order valence-corrected chi connectivity index (χ1v) is 6.34. The second-order valence-corrected chi connectivity index (χ2v) is 4.52. The Balaban J connectivity index is 1.91. The minimum absolute atomic E-state index is 0.0336. The van der Waals surface area contributed by atoms with E-state index in [9.17, 15) is 0 Å². The predicted octanol–water partition coefficient (Wildman–Crippen LogP) is 2.80. The van der Waals surface area contributed by atoms with Gasteiger partial charge in [0.1, 0.15) is 12.2 Å². The maximum atomic E-state index is 9.01. The molecule has 1 atom stereocenters. The quantitative estimate of drug-likeness (QED) is 0.823. The number of nitrogens with zero attached hydrogens (tertiary/aromatic N) is 3. The number of fused-ring (bicyclic) bond motifs is 1. The zero-order chi connectivity index (χ0) is 13.1. The summed E-state index contributed by atoms with van der Waals surface area (Å²) >= 11 is 0. The van der Waals surface area contributed by atoms with Crippen LogP contribution in [0.4, 0.5) is 0 Å². The fourth-order valence-electron chi connectivity index (χ4n) is 2.45. The molecule has 19 heavy (non-hydrogen) atoms. The molecule has 1 aliphatic carbocycles. The van der Waals surface area contributed by atoms with E-state index < -0.39 is 0 Å². The summed E-state index contributed by atoms with van der Waals surface area (Å²) in [5.74, 6) is 0.326. The van der Waals surface area contributed by atoms with E-state index in [4.69, 9.17) is 10.00 Å². The van der Waals surface area contributed by atoms with Crippen molar-refractivity contribution in [2.24, 2.45) is 0 Å². The highest BCUT2D eigenvalue weighted by Crippen LogP contribution is 2.33. The van der Waals surface area contributed by atoms with Crippen LogP contribution in [0.25, 0.3) is 0 Å². The molecule has 94 valence electrons. The molecule has 4 heteroatoms. The van der Waals surface area contributed by atoms with E-state index >= 15 is 0 Å². The van der Waals surface area contributed by atoms with Crippen molar-refractivity contribution in [2.45, 2.75) is 25.4 Å². The monoisotopic (exact) mass is 251 g/mol. The van der Waals surface area contributed by atoms with Crippen LogP contribution in [0.2, 0.25) is 0 Å². The normalized spacial score (nSPS) is 17.3. The van der Waals surface area contributed by atoms with Crippen molar-refractivity contribution in [2.75, 3.05) is 0 Å². The van der Waals surface area contributed by atoms with Crippen LogP contribution in [0.1, 0.15) is 35.8 Å². The van der Waals surface area contributed by atoms with Gasteiger partial charge in [-0.2, -0.15) is 5.26 Å². The molecule has 0 spiro atoms.